The lowest BCUT2D eigenvalue weighted by molar-refractivity contribution is 0.130. The Morgan fingerprint density at radius 1 is 1.64 bits per heavy atom. The third kappa shape index (κ3) is 2.38. The summed E-state index contributed by atoms with van der Waals surface area (Å²) in [6.07, 6.45) is -2.38. The van der Waals surface area contributed by atoms with Crippen LogP contribution < -0.4 is 5.32 Å². The van der Waals surface area contributed by atoms with Gasteiger partial charge in [0.2, 0.25) is 5.13 Å². The van der Waals surface area contributed by atoms with Crippen LogP contribution in [0.2, 0.25) is 0 Å². The maximum atomic E-state index is 11.9. The molecule has 1 heterocycles. The predicted molar refractivity (Wildman–Crippen MR) is 39.0 cm³/mol. The highest BCUT2D eigenvalue weighted by atomic mass is 32.1. The van der Waals surface area contributed by atoms with Crippen molar-refractivity contribution in [1.82, 2.24) is 10.2 Å². The minimum atomic E-state index is -2.38. The lowest BCUT2D eigenvalue weighted by atomic mass is 10.4. The Kier molecular flexibility index (Phi) is 2.70. The summed E-state index contributed by atoms with van der Waals surface area (Å²) in [5, 5.41) is 10.0. The molecule has 0 bridgehead atoms. The summed E-state index contributed by atoms with van der Waals surface area (Å²) in [5.74, 6) is 0. The molecule has 0 saturated carbocycles. The van der Waals surface area contributed by atoms with Crippen LogP contribution in [0.3, 0.4) is 0 Å². The first-order valence-corrected chi connectivity index (χ1v) is 3.89. The second-order valence-electron chi connectivity index (χ2n) is 2.01. The minimum absolute atomic E-state index is 0.429. The largest absolute Gasteiger partial charge is 0.352 e. The summed E-state index contributed by atoms with van der Waals surface area (Å²) in [6.45, 7) is 1.39. The maximum Gasteiger partial charge on any atom is 0.258 e. The molecule has 62 valence electrons. The van der Waals surface area contributed by atoms with Gasteiger partial charge in [0.15, 0.2) is 0 Å². The second-order valence-corrected chi connectivity index (χ2v) is 2.84. The van der Waals surface area contributed by atoms with E-state index < -0.39 is 12.5 Å². The van der Waals surface area contributed by atoms with E-state index in [9.17, 15) is 8.78 Å². The van der Waals surface area contributed by atoms with Crippen LogP contribution in [-0.2, 0) is 0 Å². The smallest absolute Gasteiger partial charge is 0.258 e. The number of alkyl halides is 2. The van der Waals surface area contributed by atoms with Gasteiger partial charge in [-0.15, -0.1) is 10.2 Å². The van der Waals surface area contributed by atoms with E-state index in [2.05, 4.69) is 15.5 Å². The predicted octanol–water partition coefficient (Wildman–Crippen LogP) is 1.60. The van der Waals surface area contributed by atoms with Crippen LogP contribution in [-0.4, -0.2) is 22.7 Å². The highest BCUT2D eigenvalue weighted by Gasteiger charge is 2.14. The number of anilines is 1. The molecule has 1 aromatic rings. The quantitative estimate of drug-likeness (QED) is 0.765. The Morgan fingerprint density at radius 2 is 2.36 bits per heavy atom. The van der Waals surface area contributed by atoms with Crippen LogP contribution >= 0.6 is 11.3 Å². The van der Waals surface area contributed by atoms with Crippen molar-refractivity contribution in [1.29, 1.82) is 0 Å². The summed E-state index contributed by atoms with van der Waals surface area (Å²) >= 11 is 1.20. The minimum Gasteiger partial charge on any atom is -0.352 e. The van der Waals surface area contributed by atoms with E-state index in [0.29, 0.717) is 5.13 Å². The third-order valence-corrected chi connectivity index (χ3v) is 1.71. The van der Waals surface area contributed by atoms with Gasteiger partial charge in [0.05, 0.1) is 6.04 Å². The van der Waals surface area contributed by atoms with Crippen molar-refractivity contribution in [3.8, 4) is 0 Å². The normalized spacial score (nSPS) is 13.5. The molecule has 0 amide bonds. The first-order valence-electron chi connectivity index (χ1n) is 3.01. The zero-order valence-electron chi connectivity index (χ0n) is 5.79. The van der Waals surface area contributed by atoms with E-state index in [0.717, 1.165) is 0 Å². The van der Waals surface area contributed by atoms with Crippen molar-refractivity contribution in [2.75, 3.05) is 5.32 Å². The van der Waals surface area contributed by atoms with E-state index in [1.165, 1.54) is 23.8 Å². The van der Waals surface area contributed by atoms with Crippen LogP contribution in [0, 0.1) is 0 Å². The van der Waals surface area contributed by atoms with E-state index in [4.69, 9.17) is 0 Å². The highest BCUT2D eigenvalue weighted by Crippen LogP contribution is 2.12. The van der Waals surface area contributed by atoms with Crippen LogP contribution in [0.5, 0.6) is 0 Å². The SMILES string of the molecule is CC(Nc1nncs1)C(F)F. The molecule has 1 atom stereocenters. The van der Waals surface area contributed by atoms with Gasteiger partial charge in [0.1, 0.15) is 5.51 Å². The molecule has 0 aliphatic rings. The van der Waals surface area contributed by atoms with E-state index in [-0.39, 0.29) is 0 Å². The van der Waals surface area contributed by atoms with Gasteiger partial charge in [-0.05, 0) is 6.92 Å². The Bertz CT molecular complexity index is 202. The summed E-state index contributed by atoms with van der Waals surface area (Å²) in [5.41, 5.74) is 1.49. The summed E-state index contributed by atoms with van der Waals surface area (Å²) < 4.78 is 23.8. The molecule has 6 heteroatoms. The van der Waals surface area contributed by atoms with E-state index >= 15 is 0 Å². The molecule has 1 rings (SSSR count). The fourth-order valence-electron chi connectivity index (χ4n) is 0.494. The van der Waals surface area contributed by atoms with Gasteiger partial charge in [0.25, 0.3) is 6.43 Å². The standard InChI is InChI=1S/C5H7F2N3S/c1-3(4(6)7)9-5-10-8-2-11-5/h2-4H,1H3,(H,9,10). The molecule has 0 fully saturated rings. The molecule has 11 heavy (non-hydrogen) atoms. The van der Waals surface area contributed by atoms with Gasteiger partial charge in [0, 0.05) is 0 Å². The van der Waals surface area contributed by atoms with Gasteiger partial charge in [-0.1, -0.05) is 11.3 Å². The molecule has 0 aromatic carbocycles. The molecule has 0 aliphatic heterocycles. The van der Waals surface area contributed by atoms with Crippen molar-refractivity contribution >= 4 is 16.5 Å². The Morgan fingerprint density at radius 3 is 2.82 bits per heavy atom. The van der Waals surface area contributed by atoms with Gasteiger partial charge >= 0.3 is 0 Å². The number of halogens is 2. The fraction of sp³-hybridized carbons (Fsp3) is 0.600. The number of aromatic nitrogens is 2. The topological polar surface area (TPSA) is 37.8 Å². The van der Waals surface area contributed by atoms with Crippen molar-refractivity contribution in [2.24, 2.45) is 0 Å². The fourth-order valence-corrected chi connectivity index (χ4v) is 1.04. The molecule has 0 saturated heterocycles. The van der Waals surface area contributed by atoms with Crippen LogP contribution in [0.4, 0.5) is 13.9 Å². The molecule has 0 radical (unpaired) electrons. The molecule has 0 aliphatic carbocycles. The number of hydrogen-bond donors (Lipinski definition) is 1. The number of nitrogens with zero attached hydrogens (tertiary/aromatic N) is 2. The van der Waals surface area contributed by atoms with Gasteiger partial charge in [-0.2, -0.15) is 0 Å². The first kappa shape index (κ1) is 8.32. The lowest BCUT2D eigenvalue weighted by Gasteiger charge is -2.09. The second kappa shape index (κ2) is 3.56. The maximum absolute atomic E-state index is 11.9. The molecule has 1 N–H and O–H groups in total. The molecule has 0 spiro atoms. The molecular formula is C5H7F2N3S. The van der Waals surface area contributed by atoms with Crippen molar-refractivity contribution < 1.29 is 8.78 Å². The van der Waals surface area contributed by atoms with Crippen LogP contribution in [0.15, 0.2) is 5.51 Å². The van der Waals surface area contributed by atoms with Crippen LogP contribution in [0.1, 0.15) is 6.92 Å². The number of nitrogens with one attached hydrogen (secondary N) is 1. The summed E-state index contributed by atoms with van der Waals surface area (Å²) in [4.78, 5) is 0. The van der Waals surface area contributed by atoms with Crippen LogP contribution in [0.25, 0.3) is 0 Å². The first-order chi connectivity index (χ1) is 5.20. The Hall–Kier alpha value is -0.780. The highest BCUT2D eigenvalue weighted by molar-refractivity contribution is 7.13. The summed E-state index contributed by atoms with van der Waals surface area (Å²) in [7, 11) is 0. The molecule has 1 unspecified atom stereocenters. The zero-order valence-corrected chi connectivity index (χ0v) is 6.61. The monoisotopic (exact) mass is 179 g/mol. The van der Waals surface area contributed by atoms with Crippen molar-refractivity contribution in [3.05, 3.63) is 5.51 Å². The average molecular weight is 179 g/mol. The third-order valence-electron chi connectivity index (χ3n) is 1.09. The molecular weight excluding hydrogens is 172 g/mol. The molecule has 1 aromatic heterocycles. The number of rotatable bonds is 3. The summed E-state index contributed by atoms with van der Waals surface area (Å²) in [6, 6.07) is -0.872. The van der Waals surface area contributed by atoms with E-state index in [1.807, 2.05) is 0 Å². The van der Waals surface area contributed by atoms with Crippen molar-refractivity contribution in [3.63, 3.8) is 0 Å². The van der Waals surface area contributed by atoms with Gasteiger partial charge in [-0.25, -0.2) is 8.78 Å². The molecule has 3 nitrogen and oxygen atoms in total. The van der Waals surface area contributed by atoms with E-state index in [1.54, 1.807) is 0 Å². The Balaban J connectivity index is 2.43. The number of hydrogen-bond acceptors (Lipinski definition) is 4. The van der Waals surface area contributed by atoms with Crippen molar-refractivity contribution in [2.45, 2.75) is 19.4 Å². The Labute approximate surface area is 66.5 Å². The van der Waals surface area contributed by atoms with Gasteiger partial charge in [-0.3, -0.25) is 0 Å². The lowest BCUT2D eigenvalue weighted by Crippen LogP contribution is -2.23. The average Bonchev–Trinajstić information content (AvgIpc) is 2.39. The van der Waals surface area contributed by atoms with Gasteiger partial charge < -0.3 is 5.32 Å². The zero-order chi connectivity index (χ0) is 8.27.